The second kappa shape index (κ2) is 5.27. The average Bonchev–Trinajstić information content (AvgIpc) is 2.38. The number of carbonyl (C=O) groups excluding carboxylic acids is 1. The highest BCUT2D eigenvalue weighted by Gasteiger charge is 2.52. The molecule has 0 radical (unpaired) electrons. The number of hydrogen-bond acceptors (Lipinski definition) is 4. The zero-order chi connectivity index (χ0) is 14.0. The van der Waals surface area contributed by atoms with Crippen molar-refractivity contribution < 1.29 is 4.79 Å². The molecule has 2 aliphatic rings. The van der Waals surface area contributed by atoms with Crippen molar-refractivity contribution in [3.63, 3.8) is 0 Å². The van der Waals surface area contributed by atoms with Gasteiger partial charge in [0.25, 0.3) is 0 Å². The minimum absolute atomic E-state index is 0.250. The lowest BCUT2D eigenvalue weighted by Crippen LogP contribution is -2.49. The summed E-state index contributed by atoms with van der Waals surface area (Å²) in [4.78, 5) is 12.1. The van der Waals surface area contributed by atoms with Gasteiger partial charge in [-0.15, -0.1) is 11.8 Å². The summed E-state index contributed by atoms with van der Waals surface area (Å²) in [6.45, 7) is 2.13. The highest BCUT2D eigenvalue weighted by molar-refractivity contribution is 8.02. The SMILES string of the molecule is CSC1=C(C#N)[C@]2(CCC[C@@H](C)C2)[C@H](C#N)C(=O)N1. The zero-order valence-corrected chi connectivity index (χ0v) is 12.0. The van der Waals surface area contributed by atoms with Crippen LogP contribution in [-0.4, -0.2) is 12.2 Å². The summed E-state index contributed by atoms with van der Waals surface area (Å²) in [5.74, 6) is -0.539. The van der Waals surface area contributed by atoms with E-state index >= 15 is 0 Å². The van der Waals surface area contributed by atoms with E-state index in [4.69, 9.17) is 0 Å². The minimum Gasteiger partial charge on any atom is -0.319 e. The molecule has 2 rings (SSSR count). The Bertz CT molecular complexity index is 514. The van der Waals surface area contributed by atoms with Crippen LogP contribution in [0.4, 0.5) is 0 Å². The summed E-state index contributed by atoms with van der Waals surface area (Å²) in [6, 6.07) is 4.40. The molecule has 0 bridgehead atoms. The maximum atomic E-state index is 12.1. The van der Waals surface area contributed by atoms with Crippen LogP contribution in [0.15, 0.2) is 10.6 Å². The van der Waals surface area contributed by atoms with Crippen molar-refractivity contribution in [2.45, 2.75) is 32.6 Å². The lowest BCUT2D eigenvalue weighted by atomic mass is 9.59. The monoisotopic (exact) mass is 275 g/mol. The van der Waals surface area contributed by atoms with Gasteiger partial charge in [0.1, 0.15) is 5.92 Å². The van der Waals surface area contributed by atoms with Gasteiger partial charge in [-0.3, -0.25) is 4.79 Å². The van der Waals surface area contributed by atoms with Gasteiger partial charge in [0, 0.05) is 5.41 Å². The van der Waals surface area contributed by atoms with Gasteiger partial charge >= 0.3 is 0 Å². The molecule has 1 heterocycles. The molecule has 0 aromatic carbocycles. The van der Waals surface area contributed by atoms with E-state index < -0.39 is 11.3 Å². The third kappa shape index (κ3) is 2.13. The Kier molecular flexibility index (Phi) is 3.87. The second-order valence-corrected chi connectivity index (χ2v) is 6.25. The van der Waals surface area contributed by atoms with Crippen LogP contribution < -0.4 is 5.32 Å². The van der Waals surface area contributed by atoms with E-state index in [9.17, 15) is 15.3 Å². The minimum atomic E-state index is -0.735. The fourth-order valence-corrected chi connectivity index (χ4v) is 4.10. The largest absolute Gasteiger partial charge is 0.319 e. The van der Waals surface area contributed by atoms with Crippen molar-refractivity contribution in [3.05, 3.63) is 10.6 Å². The number of hydrogen-bond donors (Lipinski definition) is 1. The lowest BCUT2D eigenvalue weighted by Gasteiger charge is -2.45. The summed E-state index contributed by atoms with van der Waals surface area (Å²) in [5.41, 5.74) is 0.0414. The summed E-state index contributed by atoms with van der Waals surface area (Å²) < 4.78 is 0. The van der Waals surface area contributed by atoms with Crippen LogP contribution in [0.2, 0.25) is 0 Å². The molecule has 1 amide bonds. The maximum Gasteiger partial charge on any atom is 0.243 e. The van der Waals surface area contributed by atoms with Crippen molar-refractivity contribution in [1.29, 1.82) is 10.5 Å². The predicted molar refractivity (Wildman–Crippen MR) is 73.5 cm³/mol. The normalized spacial score (nSPS) is 34.6. The summed E-state index contributed by atoms with van der Waals surface area (Å²) in [5, 5.41) is 22.2. The predicted octanol–water partition coefficient (Wildman–Crippen LogP) is 2.55. The van der Waals surface area contributed by atoms with E-state index in [-0.39, 0.29) is 5.91 Å². The molecule has 1 spiro atoms. The third-order valence-electron chi connectivity index (χ3n) is 4.25. The number of nitrogens with zero attached hydrogens (tertiary/aromatic N) is 2. The number of thioether (sulfide) groups is 1. The van der Waals surface area contributed by atoms with Crippen LogP contribution in [0.3, 0.4) is 0 Å². The Hall–Kier alpha value is -1.46. The van der Waals surface area contributed by atoms with Crippen molar-refractivity contribution in [1.82, 2.24) is 5.32 Å². The van der Waals surface area contributed by atoms with Gasteiger partial charge in [0.2, 0.25) is 5.91 Å². The van der Waals surface area contributed by atoms with E-state index in [1.807, 2.05) is 6.26 Å². The Morgan fingerprint density at radius 1 is 1.47 bits per heavy atom. The molecule has 4 nitrogen and oxygen atoms in total. The van der Waals surface area contributed by atoms with Crippen molar-refractivity contribution in [2.75, 3.05) is 6.26 Å². The van der Waals surface area contributed by atoms with Gasteiger partial charge in [-0.25, -0.2) is 0 Å². The Labute approximate surface area is 117 Å². The third-order valence-corrected chi connectivity index (χ3v) is 4.97. The van der Waals surface area contributed by atoms with Crippen LogP contribution in [0, 0.1) is 39.9 Å². The fraction of sp³-hybridized carbons (Fsp3) is 0.643. The van der Waals surface area contributed by atoms with E-state index in [0.717, 1.165) is 25.7 Å². The van der Waals surface area contributed by atoms with Gasteiger partial charge in [0.05, 0.1) is 22.7 Å². The van der Waals surface area contributed by atoms with E-state index in [0.29, 0.717) is 16.5 Å². The molecule has 19 heavy (non-hydrogen) atoms. The molecule has 0 unspecified atom stereocenters. The number of allylic oxidation sites excluding steroid dienone is 1. The first kappa shape index (κ1) is 14.0. The smallest absolute Gasteiger partial charge is 0.243 e. The van der Waals surface area contributed by atoms with Crippen LogP contribution in [0.5, 0.6) is 0 Å². The molecule has 1 aliphatic carbocycles. The molecule has 1 aliphatic heterocycles. The van der Waals surface area contributed by atoms with Crippen molar-refractivity contribution >= 4 is 17.7 Å². The van der Waals surface area contributed by atoms with E-state index in [2.05, 4.69) is 24.4 Å². The molecule has 0 saturated heterocycles. The number of amides is 1. The first-order chi connectivity index (χ1) is 9.08. The van der Waals surface area contributed by atoms with Gasteiger partial charge in [-0.1, -0.05) is 19.8 Å². The first-order valence-electron chi connectivity index (χ1n) is 6.48. The van der Waals surface area contributed by atoms with Crippen molar-refractivity contribution in [3.8, 4) is 12.1 Å². The molecule has 0 aromatic rings. The number of nitriles is 2. The number of nitrogens with one attached hydrogen (secondary N) is 1. The van der Waals surface area contributed by atoms with Gasteiger partial charge in [-0.05, 0) is 25.0 Å². The average molecular weight is 275 g/mol. The Morgan fingerprint density at radius 2 is 2.21 bits per heavy atom. The fourth-order valence-electron chi connectivity index (χ4n) is 3.45. The van der Waals surface area contributed by atoms with E-state index in [1.54, 1.807) is 0 Å². The molecule has 1 N–H and O–H groups in total. The molecule has 3 atom stereocenters. The van der Waals surface area contributed by atoms with Crippen LogP contribution in [0.1, 0.15) is 32.6 Å². The quantitative estimate of drug-likeness (QED) is 0.797. The second-order valence-electron chi connectivity index (χ2n) is 5.43. The summed E-state index contributed by atoms with van der Waals surface area (Å²) in [6.07, 6.45) is 5.44. The highest BCUT2D eigenvalue weighted by Crippen LogP contribution is 2.53. The van der Waals surface area contributed by atoms with Gasteiger partial charge < -0.3 is 5.32 Å². The Morgan fingerprint density at radius 3 is 2.74 bits per heavy atom. The zero-order valence-electron chi connectivity index (χ0n) is 11.2. The molecule has 0 aromatic heterocycles. The lowest BCUT2D eigenvalue weighted by molar-refractivity contribution is -0.127. The van der Waals surface area contributed by atoms with Gasteiger partial charge in [-0.2, -0.15) is 10.5 Å². The van der Waals surface area contributed by atoms with Gasteiger partial charge in [0.15, 0.2) is 0 Å². The topological polar surface area (TPSA) is 76.7 Å². The maximum absolute atomic E-state index is 12.1. The number of carbonyl (C=O) groups is 1. The Balaban J connectivity index is 2.59. The number of rotatable bonds is 1. The highest BCUT2D eigenvalue weighted by atomic mass is 32.2. The molecular weight excluding hydrogens is 258 g/mol. The van der Waals surface area contributed by atoms with Crippen molar-refractivity contribution in [2.24, 2.45) is 17.3 Å². The van der Waals surface area contributed by atoms with Crippen LogP contribution in [0.25, 0.3) is 0 Å². The standard InChI is InChI=1S/C14H17N3OS/c1-9-4-3-5-14(6-9)10(7-15)12(18)17-13(19-2)11(14)8-16/h9-10H,3-6H2,1-2H3,(H,17,18)/t9-,10-,14+/m1/s1. The molecule has 5 heteroatoms. The summed E-state index contributed by atoms with van der Waals surface area (Å²) in [7, 11) is 0. The molecule has 1 fully saturated rings. The molecule has 1 saturated carbocycles. The van der Waals surface area contributed by atoms with Crippen LogP contribution >= 0.6 is 11.8 Å². The molecule has 100 valence electrons. The first-order valence-corrected chi connectivity index (χ1v) is 7.71. The van der Waals surface area contributed by atoms with Crippen LogP contribution in [-0.2, 0) is 4.79 Å². The van der Waals surface area contributed by atoms with E-state index in [1.165, 1.54) is 11.8 Å². The molecular formula is C14H17N3OS. The summed E-state index contributed by atoms with van der Waals surface area (Å²) >= 11 is 1.38.